The SMILES string of the molecule is c1ccc(-c2cccc(-c3nc(-c4ccccc4)nc(-c4ccc5c(c4)oc4cc6oc7ccccc7c6cc45)n3)c2)cc1. The van der Waals surface area contributed by atoms with Crippen molar-refractivity contribution in [1.82, 2.24) is 15.0 Å². The van der Waals surface area contributed by atoms with Crippen molar-refractivity contribution in [2.45, 2.75) is 0 Å². The maximum absolute atomic E-state index is 6.38. The predicted octanol–water partition coefficient (Wildman–Crippen LogP) is 10.3. The Hall–Kier alpha value is -6.07. The van der Waals surface area contributed by atoms with Gasteiger partial charge in [0.1, 0.15) is 22.3 Å². The molecular weight excluding hydrogens is 542 g/mol. The molecule has 0 spiro atoms. The van der Waals surface area contributed by atoms with Crippen LogP contribution >= 0.6 is 0 Å². The first-order valence-corrected chi connectivity index (χ1v) is 14.5. The van der Waals surface area contributed by atoms with Gasteiger partial charge in [-0.05, 0) is 41.5 Å². The molecule has 0 bridgehead atoms. The van der Waals surface area contributed by atoms with Gasteiger partial charge >= 0.3 is 0 Å². The van der Waals surface area contributed by atoms with Gasteiger partial charge in [0.2, 0.25) is 0 Å². The van der Waals surface area contributed by atoms with Crippen LogP contribution in [0.4, 0.5) is 0 Å². The van der Waals surface area contributed by atoms with E-state index in [-0.39, 0.29) is 0 Å². The summed E-state index contributed by atoms with van der Waals surface area (Å²) in [6, 6.07) is 47.1. The molecule has 0 radical (unpaired) electrons. The molecule has 206 valence electrons. The van der Waals surface area contributed by atoms with Crippen LogP contribution in [0.25, 0.3) is 89.2 Å². The number of aromatic nitrogens is 3. The second-order valence-electron chi connectivity index (χ2n) is 10.9. The average Bonchev–Trinajstić information content (AvgIpc) is 3.64. The van der Waals surface area contributed by atoms with Crippen molar-refractivity contribution in [3.05, 3.63) is 140 Å². The quantitative estimate of drug-likeness (QED) is 0.212. The number of rotatable bonds is 4. The zero-order chi connectivity index (χ0) is 29.0. The molecule has 5 heteroatoms. The Bertz CT molecular complexity index is 2500. The molecule has 5 nitrogen and oxygen atoms in total. The Morgan fingerprint density at radius 1 is 0.295 bits per heavy atom. The van der Waals surface area contributed by atoms with Gasteiger partial charge in [-0.25, -0.2) is 15.0 Å². The van der Waals surface area contributed by atoms with Gasteiger partial charge < -0.3 is 8.83 Å². The third kappa shape index (κ3) is 4.06. The maximum Gasteiger partial charge on any atom is 0.164 e. The predicted molar refractivity (Wildman–Crippen MR) is 176 cm³/mol. The first-order chi connectivity index (χ1) is 21.8. The molecule has 0 fully saturated rings. The minimum Gasteiger partial charge on any atom is -0.456 e. The molecule has 9 rings (SSSR count). The third-order valence-electron chi connectivity index (χ3n) is 8.12. The molecule has 0 amide bonds. The number of nitrogens with zero attached hydrogens (tertiary/aromatic N) is 3. The van der Waals surface area contributed by atoms with E-state index in [9.17, 15) is 0 Å². The molecule has 3 heterocycles. The Kier molecular flexibility index (Phi) is 5.43. The van der Waals surface area contributed by atoms with Crippen LogP contribution in [-0.4, -0.2) is 15.0 Å². The zero-order valence-electron chi connectivity index (χ0n) is 23.4. The van der Waals surface area contributed by atoms with Crippen LogP contribution in [0, 0.1) is 0 Å². The maximum atomic E-state index is 6.38. The van der Waals surface area contributed by atoms with Crippen LogP contribution in [-0.2, 0) is 0 Å². The number of hydrogen-bond donors (Lipinski definition) is 0. The van der Waals surface area contributed by atoms with E-state index in [2.05, 4.69) is 48.5 Å². The largest absolute Gasteiger partial charge is 0.456 e. The van der Waals surface area contributed by atoms with Gasteiger partial charge in [0.15, 0.2) is 17.5 Å². The van der Waals surface area contributed by atoms with Gasteiger partial charge in [0.25, 0.3) is 0 Å². The lowest BCUT2D eigenvalue weighted by molar-refractivity contribution is 0.656. The molecule has 0 atom stereocenters. The number of fused-ring (bicyclic) bond motifs is 6. The molecule has 6 aromatic carbocycles. The minimum atomic E-state index is 0.584. The van der Waals surface area contributed by atoms with Gasteiger partial charge in [-0.1, -0.05) is 103 Å². The number of furan rings is 2. The summed E-state index contributed by atoms with van der Waals surface area (Å²) in [7, 11) is 0. The van der Waals surface area contributed by atoms with Crippen molar-refractivity contribution in [2.24, 2.45) is 0 Å². The lowest BCUT2D eigenvalue weighted by atomic mass is 10.0. The Morgan fingerprint density at radius 3 is 1.57 bits per heavy atom. The Balaban J connectivity index is 1.20. The molecule has 0 unspecified atom stereocenters. The average molecular weight is 566 g/mol. The molecule has 0 saturated carbocycles. The number of para-hydroxylation sites is 1. The monoisotopic (exact) mass is 565 g/mol. The molecular formula is C39H23N3O2. The lowest BCUT2D eigenvalue weighted by Gasteiger charge is -2.09. The lowest BCUT2D eigenvalue weighted by Crippen LogP contribution is -2.00. The first-order valence-electron chi connectivity index (χ1n) is 14.5. The van der Waals surface area contributed by atoms with E-state index in [4.69, 9.17) is 23.8 Å². The molecule has 0 saturated heterocycles. The van der Waals surface area contributed by atoms with Crippen LogP contribution < -0.4 is 0 Å². The van der Waals surface area contributed by atoms with Crippen molar-refractivity contribution in [2.75, 3.05) is 0 Å². The highest BCUT2D eigenvalue weighted by atomic mass is 16.3. The summed E-state index contributed by atoms with van der Waals surface area (Å²) in [6.45, 7) is 0. The van der Waals surface area contributed by atoms with Gasteiger partial charge in [-0.2, -0.15) is 0 Å². The summed E-state index contributed by atoms with van der Waals surface area (Å²) < 4.78 is 12.5. The fourth-order valence-corrected chi connectivity index (χ4v) is 5.95. The highest BCUT2D eigenvalue weighted by Crippen LogP contribution is 2.38. The fraction of sp³-hybridized carbons (Fsp3) is 0. The van der Waals surface area contributed by atoms with Gasteiger partial charge in [-0.3, -0.25) is 0 Å². The normalized spacial score (nSPS) is 11.6. The highest BCUT2D eigenvalue weighted by Gasteiger charge is 2.17. The van der Waals surface area contributed by atoms with Crippen LogP contribution in [0.3, 0.4) is 0 Å². The third-order valence-corrected chi connectivity index (χ3v) is 8.12. The molecule has 9 aromatic rings. The number of benzene rings is 6. The van der Waals surface area contributed by atoms with Crippen LogP contribution in [0.15, 0.2) is 148 Å². The van der Waals surface area contributed by atoms with Crippen molar-refractivity contribution in [3.8, 4) is 45.3 Å². The first kappa shape index (κ1) is 24.5. The van der Waals surface area contributed by atoms with Gasteiger partial charge in [0.05, 0.1) is 0 Å². The van der Waals surface area contributed by atoms with Crippen molar-refractivity contribution >= 4 is 43.9 Å². The van der Waals surface area contributed by atoms with Gasteiger partial charge in [-0.15, -0.1) is 0 Å². The summed E-state index contributed by atoms with van der Waals surface area (Å²) in [5.41, 5.74) is 8.18. The zero-order valence-corrected chi connectivity index (χ0v) is 23.4. The van der Waals surface area contributed by atoms with E-state index >= 15 is 0 Å². The van der Waals surface area contributed by atoms with Crippen LogP contribution in [0.1, 0.15) is 0 Å². The molecule has 0 aliphatic heterocycles. The van der Waals surface area contributed by atoms with E-state index in [1.165, 1.54) is 0 Å². The molecule has 0 aliphatic rings. The molecule has 3 aromatic heterocycles. The van der Waals surface area contributed by atoms with Crippen molar-refractivity contribution in [3.63, 3.8) is 0 Å². The second-order valence-corrected chi connectivity index (χ2v) is 10.9. The minimum absolute atomic E-state index is 0.584. The van der Waals surface area contributed by atoms with Crippen molar-refractivity contribution in [1.29, 1.82) is 0 Å². The van der Waals surface area contributed by atoms with E-state index in [1.807, 2.05) is 91.0 Å². The summed E-state index contributed by atoms with van der Waals surface area (Å²) in [6.07, 6.45) is 0. The smallest absolute Gasteiger partial charge is 0.164 e. The van der Waals surface area contributed by atoms with Crippen LogP contribution in [0.2, 0.25) is 0 Å². The second kappa shape index (κ2) is 9.75. The van der Waals surface area contributed by atoms with Crippen LogP contribution in [0.5, 0.6) is 0 Å². The highest BCUT2D eigenvalue weighted by molar-refractivity contribution is 6.15. The standard InChI is InChI=1S/C39H23N3O2/c1-3-10-24(11-4-1)26-14-9-15-27(20-26)38-40-37(25-12-5-2-6-13-25)41-39(42-38)28-18-19-30-32-22-31-29-16-7-8-17-33(29)43-35(31)23-36(32)44-34(30)21-28/h1-23H. The Morgan fingerprint density at radius 2 is 0.818 bits per heavy atom. The van der Waals surface area contributed by atoms with E-state index < -0.39 is 0 Å². The van der Waals surface area contributed by atoms with E-state index in [1.54, 1.807) is 0 Å². The molecule has 44 heavy (non-hydrogen) atoms. The summed E-state index contributed by atoms with van der Waals surface area (Å²) in [5.74, 6) is 1.82. The molecule has 0 N–H and O–H groups in total. The van der Waals surface area contributed by atoms with E-state index in [0.29, 0.717) is 17.5 Å². The fourth-order valence-electron chi connectivity index (χ4n) is 5.95. The number of hydrogen-bond acceptors (Lipinski definition) is 5. The van der Waals surface area contributed by atoms with Crippen molar-refractivity contribution < 1.29 is 8.83 Å². The topological polar surface area (TPSA) is 65.0 Å². The van der Waals surface area contributed by atoms with Gasteiger partial charge in [0, 0.05) is 44.3 Å². The summed E-state index contributed by atoms with van der Waals surface area (Å²) in [5, 5.41) is 4.25. The molecule has 0 aliphatic carbocycles. The summed E-state index contributed by atoms with van der Waals surface area (Å²) >= 11 is 0. The van der Waals surface area contributed by atoms with E-state index in [0.717, 1.165) is 71.7 Å². The summed E-state index contributed by atoms with van der Waals surface area (Å²) in [4.78, 5) is 14.8. The Labute approximate surface area is 252 Å².